The van der Waals surface area contributed by atoms with Gasteiger partial charge in [-0.1, -0.05) is 22.0 Å². The molecule has 1 heterocycles. The summed E-state index contributed by atoms with van der Waals surface area (Å²) in [5.74, 6) is 0. The van der Waals surface area contributed by atoms with Crippen LogP contribution in [0, 0.1) is 16.1 Å². The van der Waals surface area contributed by atoms with Crippen LogP contribution in [0.15, 0.2) is 46.9 Å². The van der Waals surface area contributed by atoms with Crippen molar-refractivity contribution in [1.82, 2.24) is 9.55 Å². The van der Waals surface area contributed by atoms with E-state index in [4.69, 9.17) is 17.5 Å². The number of fused-ring (bicyclic) bond motifs is 1. The van der Waals surface area contributed by atoms with Crippen LogP contribution in [0.5, 0.6) is 0 Å². The van der Waals surface area contributed by atoms with Crippen LogP contribution >= 0.6 is 28.1 Å². The third-order valence-corrected chi connectivity index (χ3v) is 3.66. The van der Waals surface area contributed by atoms with Gasteiger partial charge in [0.1, 0.15) is 0 Å². The van der Waals surface area contributed by atoms with E-state index in [0.29, 0.717) is 10.3 Å². The number of rotatable bonds is 1. The molecular formula is C14H8BrN3S. The highest BCUT2D eigenvalue weighted by atomic mass is 79.9. The van der Waals surface area contributed by atoms with Crippen molar-refractivity contribution in [3.63, 3.8) is 0 Å². The second-order valence-electron chi connectivity index (χ2n) is 4.09. The van der Waals surface area contributed by atoms with Gasteiger partial charge in [-0.05, 0) is 48.6 Å². The standard InChI is InChI=1S/C14H8BrN3S/c15-10-4-5-13-12(7-10)17-14(19)18(13)11-3-1-2-9(6-11)8-16/h1-7H,(H,17,19). The fourth-order valence-electron chi connectivity index (χ4n) is 2.05. The van der Waals surface area contributed by atoms with Crippen molar-refractivity contribution >= 4 is 39.2 Å². The maximum atomic E-state index is 8.98. The third-order valence-electron chi connectivity index (χ3n) is 2.88. The molecular weight excluding hydrogens is 322 g/mol. The number of nitrogens with zero attached hydrogens (tertiary/aromatic N) is 2. The van der Waals surface area contributed by atoms with Crippen LogP contribution in [0.1, 0.15) is 5.56 Å². The molecule has 3 nitrogen and oxygen atoms in total. The van der Waals surface area contributed by atoms with E-state index in [1.807, 2.05) is 41.0 Å². The molecule has 3 rings (SSSR count). The van der Waals surface area contributed by atoms with E-state index in [0.717, 1.165) is 21.2 Å². The molecule has 1 N–H and O–H groups in total. The summed E-state index contributed by atoms with van der Waals surface area (Å²) < 4.78 is 3.54. The summed E-state index contributed by atoms with van der Waals surface area (Å²) in [6, 6.07) is 15.5. The highest BCUT2D eigenvalue weighted by Crippen LogP contribution is 2.23. The lowest BCUT2D eigenvalue weighted by Gasteiger charge is -2.04. The molecule has 0 saturated carbocycles. The molecule has 2 aromatic carbocycles. The average Bonchev–Trinajstić information content (AvgIpc) is 2.73. The number of aromatic amines is 1. The van der Waals surface area contributed by atoms with E-state index in [-0.39, 0.29) is 0 Å². The Bertz CT molecular complexity index is 870. The first-order chi connectivity index (χ1) is 9.19. The first-order valence-corrected chi connectivity index (χ1v) is 6.80. The fourth-order valence-corrected chi connectivity index (χ4v) is 2.73. The number of hydrogen-bond donors (Lipinski definition) is 1. The Labute approximate surface area is 123 Å². The summed E-state index contributed by atoms with van der Waals surface area (Å²) in [6.07, 6.45) is 0. The largest absolute Gasteiger partial charge is 0.330 e. The molecule has 0 aliphatic heterocycles. The molecule has 0 saturated heterocycles. The van der Waals surface area contributed by atoms with Crippen molar-refractivity contribution in [2.75, 3.05) is 0 Å². The number of halogens is 1. The number of imidazole rings is 1. The van der Waals surface area contributed by atoms with Gasteiger partial charge < -0.3 is 4.98 Å². The van der Waals surface area contributed by atoms with Crippen LogP contribution in [0.25, 0.3) is 16.7 Å². The number of aromatic nitrogens is 2. The van der Waals surface area contributed by atoms with Gasteiger partial charge in [-0.15, -0.1) is 0 Å². The zero-order chi connectivity index (χ0) is 13.4. The Morgan fingerprint density at radius 1 is 1.21 bits per heavy atom. The second-order valence-corrected chi connectivity index (χ2v) is 5.39. The van der Waals surface area contributed by atoms with Crippen LogP contribution < -0.4 is 0 Å². The Hall–Kier alpha value is -1.90. The molecule has 0 amide bonds. The predicted molar refractivity (Wildman–Crippen MR) is 80.9 cm³/mol. The molecule has 19 heavy (non-hydrogen) atoms. The molecule has 3 aromatic rings. The van der Waals surface area contributed by atoms with Crippen LogP contribution in [0.3, 0.4) is 0 Å². The Balaban J connectivity index is 2.33. The minimum atomic E-state index is 0.614. The van der Waals surface area contributed by atoms with Gasteiger partial charge in [-0.25, -0.2) is 0 Å². The minimum Gasteiger partial charge on any atom is -0.330 e. The lowest BCUT2D eigenvalue weighted by molar-refractivity contribution is 1.06. The van der Waals surface area contributed by atoms with Crippen molar-refractivity contribution in [2.24, 2.45) is 0 Å². The van der Waals surface area contributed by atoms with Crippen LogP contribution in [0.4, 0.5) is 0 Å². The van der Waals surface area contributed by atoms with E-state index >= 15 is 0 Å². The lowest BCUT2D eigenvalue weighted by atomic mass is 10.2. The zero-order valence-electron chi connectivity index (χ0n) is 9.72. The fraction of sp³-hybridized carbons (Fsp3) is 0. The normalized spacial score (nSPS) is 10.5. The van der Waals surface area contributed by atoms with Crippen molar-refractivity contribution in [3.8, 4) is 11.8 Å². The summed E-state index contributed by atoms with van der Waals surface area (Å²) in [6.45, 7) is 0. The first-order valence-electron chi connectivity index (χ1n) is 5.60. The van der Waals surface area contributed by atoms with Crippen LogP contribution in [-0.2, 0) is 0 Å². The van der Waals surface area contributed by atoms with Gasteiger partial charge in [0, 0.05) is 10.2 Å². The zero-order valence-corrected chi connectivity index (χ0v) is 12.1. The van der Waals surface area contributed by atoms with Crippen molar-refractivity contribution in [1.29, 1.82) is 5.26 Å². The van der Waals surface area contributed by atoms with E-state index < -0.39 is 0 Å². The summed E-state index contributed by atoms with van der Waals surface area (Å²) in [5.41, 5.74) is 3.45. The topological polar surface area (TPSA) is 44.5 Å². The molecule has 0 aliphatic rings. The molecule has 0 atom stereocenters. The van der Waals surface area contributed by atoms with Gasteiger partial charge in [0.15, 0.2) is 4.77 Å². The average molecular weight is 330 g/mol. The summed E-state index contributed by atoms with van der Waals surface area (Å²) in [4.78, 5) is 3.17. The Morgan fingerprint density at radius 3 is 2.84 bits per heavy atom. The molecule has 0 fully saturated rings. The van der Waals surface area contributed by atoms with Gasteiger partial charge >= 0.3 is 0 Å². The summed E-state index contributed by atoms with van der Waals surface area (Å²) in [7, 11) is 0. The molecule has 0 bridgehead atoms. The molecule has 0 aliphatic carbocycles. The smallest absolute Gasteiger partial charge is 0.182 e. The monoisotopic (exact) mass is 329 g/mol. The van der Waals surface area contributed by atoms with Crippen molar-refractivity contribution < 1.29 is 0 Å². The van der Waals surface area contributed by atoms with Gasteiger partial charge in [-0.3, -0.25) is 4.57 Å². The number of benzene rings is 2. The molecule has 0 radical (unpaired) electrons. The molecule has 5 heteroatoms. The van der Waals surface area contributed by atoms with Crippen LogP contribution in [0.2, 0.25) is 0 Å². The lowest BCUT2D eigenvalue weighted by Crippen LogP contribution is -1.94. The maximum Gasteiger partial charge on any atom is 0.182 e. The second kappa shape index (κ2) is 4.65. The molecule has 92 valence electrons. The van der Waals surface area contributed by atoms with Gasteiger partial charge in [0.25, 0.3) is 0 Å². The summed E-state index contributed by atoms with van der Waals surface area (Å²) >= 11 is 8.81. The van der Waals surface area contributed by atoms with Crippen molar-refractivity contribution in [2.45, 2.75) is 0 Å². The maximum absolute atomic E-state index is 8.98. The third kappa shape index (κ3) is 2.09. The van der Waals surface area contributed by atoms with Gasteiger partial charge in [0.05, 0.1) is 22.7 Å². The van der Waals surface area contributed by atoms with Crippen molar-refractivity contribution in [3.05, 3.63) is 57.3 Å². The van der Waals surface area contributed by atoms with E-state index in [2.05, 4.69) is 27.0 Å². The SMILES string of the molecule is N#Cc1cccc(-n2c(=S)[nH]c3cc(Br)ccc32)c1. The number of nitriles is 1. The number of hydrogen-bond acceptors (Lipinski definition) is 2. The van der Waals surface area contributed by atoms with E-state index in [1.54, 1.807) is 6.07 Å². The van der Waals surface area contributed by atoms with Crippen LogP contribution in [-0.4, -0.2) is 9.55 Å². The van der Waals surface area contributed by atoms with Gasteiger partial charge in [0.2, 0.25) is 0 Å². The number of nitrogens with one attached hydrogen (secondary N) is 1. The first kappa shape index (κ1) is 12.2. The molecule has 0 unspecified atom stereocenters. The predicted octanol–water partition coefficient (Wildman–Crippen LogP) is 4.32. The van der Waals surface area contributed by atoms with Gasteiger partial charge in [-0.2, -0.15) is 5.26 Å². The highest BCUT2D eigenvalue weighted by molar-refractivity contribution is 9.10. The number of H-pyrrole nitrogens is 1. The highest BCUT2D eigenvalue weighted by Gasteiger charge is 2.07. The molecule has 0 spiro atoms. The Morgan fingerprint density at radius 2 is 2.05 bits per heavy atom. The molecule has 1 aromatic heterocycles. The summed E-state index contributed by atoms with van der Waals surface area (Å²) in [5, 5.41) is 8.98. The van der Waals surface area contributed by atoms with E-state index in [9.17, 15) is 0 Å². The quantitative estimate of drug-likeness (QED) is 0.675. The van der Waals surface area contributed by atoms with E-state index in [1.165, 1.54) is 0 Å². The minimum absolute atomic E-state index is 0.614. The Kier molecular flexibility index (Phi) is 2.97.